The Bertz CT molecular complexity index is 1180. The SMILES string of the molecule is N#Cc1cc(F)cc2c1[C@H](c1ccc(S(=O)(=O)C(F)(F)F)c3c1CC[C@H]3O)CCC2. The molecule has 0 heterocycles. The normalized spacial score (nSPS) is 21.1. The Kier molecular flexibility index (Phi) is 4.90. The molecular formula is C21H17F4NO3S. The van der Waals surface area contributed by atoms with Crippen molar-refractivity contribution in [3.63, 3.8) is 0 Å². The molecule has 0 saturated carbocycles. The standard InChI is InChI=1S/C21H17F4NO3S/c22-13-8-11-2-1-3-15(19(11)12(9-13)10-26)14-5-7-18(30(28,29)21(23,24)25)20-16(14)4-6-17(20)27/h5,7-9,15,17,27H,1-4,6H2/t15-,17+/m0/s1. The number of nitriles is 1. The Morgan fingerprint density at radius 1 is 1.10 bits per heavy atom. The van der Waals surface area contributed by atoms with Crippen molar-refractivity contribution in [2.75, 3.05) is 0 Å². The van der Waals surface area contributed by atoms with Crippen molar-refractivity contribution in [2.45, 2.75) is 54.5 Å². The van der Waals surface area contributed by atoms with Gasteiger partial charge in [0.15, 0.2) is 0 Å². The summed E-state index contributed by atoms with van der Waals surface area (Å²) in [6, 6.07) is 6.73. The van der Waals surface area contributed by atoms with Gasteiger partial charge in [0, 0.05) is 11.5 Å². The molecule has 0 bridgehead atoms. The van der Waals surface area contributed by atoms with Gasteiger partial charge in [0.1, 0.15) is 5.82 Å². The summed E-state index contributed by atoms with van der Waals surface area (Å²) in [4.78, 5) is -0.922. The van der Waals surface area contributed by atoms with Crippen LogP contribution in [-0.4, -0.2) is 19.0 Å². The van der Waals surface area contributed by atoms with Crippen LogP contribution in [0.5, 0.6) is 0 Å². The van der Waals surface area contributed by atoms with E-state index < -0.39 is 32.2 Å². The second-order valence-corrected chi connectivity index (χ2v) is 9.54. The highest BCUT2D eigenvalue weighted by Gasteiger charge is 2.49. The molecule has 0 radical (unpaired) electrons. The van der Waals surface area contributed by atoms with Crippen molar-refractivity contribution >= 4 is 9.84 Å². The Labute approximate surface area is 170 Å². The number of benzene rings is 2. The predicted molar refractivity (Wildman–Crippen MR) is 98.9 cm³/mol. The van der Waals surface area contributed by atoms with Gasteiger partial charge in [-0.15, -0.1) is 0 Å². The van der Waals surface area contributed by atoms with Gasteiger partial charge in [-0.2, -0.15) is 18.4 Å². The molecule has 2 atom stereocenters. The van der Waals surface area contributed by atoms with Crippen molar-refractivity contribution in [3.05, 3.63) is 63.5 Å². The summed E-state index contributed by atoms with van der Waals surface area (Å²) in [5.41, 5.74) is -3.27. The van der Waals surface area contributed by atoms with Crippen molar-refractivity contribution in [1.29, 1.82) is 5.26 Å². The molecule has 0 unspecified atom stereocenters. The molecule has 2 aliphatic carbocycles. The largest absolute Gasteiger partial charge is 0.501 e. The maximum absolute atomic E-state index is 13.9. The Morgan fingerprint density at radius 3 is 2.50 bits per heavy atom. The van der Waals surface area contributed by atoms with E-state index in [2.05, 4.69) is 0 Å². The van der Waals surface area contributed by atoms with Gasteiger partial charge in [-0.25, -0.2) is 12.8 Å². The average molecular weight is 439 g/mol. The first-order valence-corrected chi connectivity index (χ1v) is 10.9. The van der Waals surface area contributed by atoms with Gasteiger partial charge in [0.25, 0.3) is 9.84 Å². The van der Waals surface area contributed by atoms with E-state index in [4.69, 9.17) is 0 Å². The number of hydrogen-bond donors (Lipinski definition) is 1. The first kappa shape index (κ1) is 20.8. The van der Waals surface area contributed by atoms with Crippen molar-refractivity contribution < 1.29 is 31.1 Å². The first-order chi connectivity index (χ1) is 14.1. The number of alkyl halides is 3. The quantitative estimate of drug-likeness (QED) is 0.702. The van der Waals surface area contributed by atoms with Crippen LogP contribution in [0.25, 0.3) is 0 Å². The minimum absolute atomic E-state index is 0.112. The molecular weight excluding hydrogens is 422 g/mol. The van der Waals surface area contributed by atoms with E-state index in [0.717, 1.165) is 12.1 Å². The molecule has 0 fully saturated rings. The molecule has 1 N–H and O–H groups in total. The zero-order chi connectivity index (χ0) is 21.8. The summed E-state index contributed by atoms with van der Waals surface area (Å²) in [6.07, 6.45) is 0.860. The lowest BCUT2D eigenvalue weighted by Gasteiger charge is -2.29. The average Bonchev–Trinajstić information content (AvgIpc) is 3.07. The molecule has 158 valence electrons. The fourth-order valence-electron chi connectivity index (χ4n) is 4.75. The summed E-state index contributed by atoms with van der Waals surface area (Å²) in [7, 11) is -5.62. The molecule has 4 rings (SSSR count). The van der Waals surface area contributed by atoms with Crippen LogP contribution < -0.4 is 0 Å². The number of nitrogens with zero attached hydrogens (tertiary/aromatic N) is 1. The molecule has 2 aromatic carbocycles. The van der Waals surface area contributed by atoms with Gasteiger partial charge in [-0.3, -0.25) is 0 Å². The highest BCUT2D eigenvalue weighted by atomic mass is 32.2. The molecule has 0 saturated heterocycles. The Hall–Kier alpha value is -2.44. The van der Waals surface area contributed by atoms with Crippen LogP contribution in [-0.2, 0) is 22.7 Å². The predicted octanol–water partition coefficient (Wildman–Crippen LogP) is 4.44. The summed E-state index contributed by atoms with van der Waals surface area (Å²) in [5.74, 6) is -0.913. The molecule has 4 nitrogen and oxygen atoms in total. The maximum atomic E-state index is 13.9. The molecule has 2 aliphatic rings. The van der Waals surface area contributed by atoms with Crippen LogP contribution in [0.15, 0.2) is 29.2 Å². The summed E-state index contributed by atoms with van der Waals surface area (Å²) in [5, 5.41) is 19.8. The smallest absolute Gasteiger partial charge is 0.388 e. The lowest BCUT2D eigenvalue weighted by atomic mass is 9.75. The van der Waals surface area contributed by atoms with Gasteiger partial charge in [-0.05, 0) is 72.6 Å². The Balaban J connectivity index is 1.94. The topological polar surface area (TPSA) is 78.2 Å². The van der Waals surface area contributed by atoms with Crippen molar-refractivity contribution in [2.24, 2.45) is 0 Å². The van der Waals surface area contributed by atoms with Crippen molar-refractivity contribution in [3.8, 4) is 6.07 Å². The minimum Gasteiger partial charge on any atom is -0.388 e. The number of fused-ring (bicyclic) bond motifs is 2. The van der Waals surface area contributed by atoms with E-state index in [1.165, 1.54) is 12.1 Å². The maximum Gasteiger partial charge on any atom is 0.501 e. The molecule has 0 aliphatic heterocycles. The second kappa shape index (κ2) is 7.06. The number of halogens is 4. The van der Waals surface area contributed by atoms with E-state index >= 15 is 0 Å². The van der Waals surface area contributed by atoms with Crippen LogP contribution in [0.3, 0.4) is 0 Å². The molecule has 9 heteroatoms. The Morgan fingerprint density at radius 2 is 1.83 bits per heavy atom. The van der Waals surface area contributed by atoms with E-state index in [0.29, 0.717) is 41.5 Å². The van der Waals surface area contributed by atoms with E-state index in [-0.39, 0.29) is 29.9 Å². The second-order valence-electron chi connectivity index (χ2n) is 7.63. The number of sulfone groups is 1. The van der Waals surface area contributed by atoms with Gasteiger partial charge < -0.3 is 5.11 Å². The fraction of sp³-hybridized carbons (Fsp3) is 0.381. The van der Waals surface area contributed by atoms with Crippen LogP contribution in [0.1, 0.15) is 64.7 Å². The highest BCUT2D eigenvalue weighted by molar-refractivity contribution is 7.92. The van der Waals surface area contributed by atoms with E-state index in [9.17, 15) is 36.3 Å². The fourth-order valence-corrected chi connectivity index (χ4v) is 5.80. The highest BCUT2D eigenvalue weighted by Crippen LogP contribution is 2.47. The molecule has 0 spiro atoms. The van der Waals surface area contributed by atoms with Crippen LogP contribution in [0.2, 0.25) is 0 Å². The van der Waals surface area contributed by atoms with Crippen LogP contribution in [0.4, 0.5) is 17.6 Å². The van der Waals surface area contributed by atoms with Crippen LogP contribution in [0, 0.1) is 17.1 Å². The number of hydrogen-bond acceptors (Lipinski definition) is 4. The minimum atomic E-state index is -5.62. The molecule has 0 amide bonds. The summed E-state index contributed by atoms with van der Waals surface area (Å²) >= 11 is 0. The van der Waals surface area contributed by atoms with Gasteiger partial charge in [0.2, 0.25) is 0 Å². The lowest BCUT2D eigenvalue weighted by Crippen LogP contribution is -2.25. The third kappa shape index (κ3) is 3.10. The number of aliphatic hydroxyl groups excluding tert-OH is 1. The molecule has 30 heavy (non-hydrogen) atoms. The molecule has 2 aromatic rings. The van der Waals surface area contributed by atoms with Crippen molar-refractivity contribution in [1.82, 2.24) is 0 Å². The monoisotopic (exact) mass is 439 g/mol. The first-order valence-electron chi connectivity index (χ1n) is 9.43. The zero-order valence-corrected chi connectivity index (χ0v) is 16.4. The van der Waals surface area contributed by atoms with E-state index in [1.54, 1.807) is 0 Å². The number of aryl methyl sites for hydroxylation is 1. The zero-order valence-electron chi connectivity index (χ0n) is 15.6. The van der Waals surface area contributed by atoms with Gasteiger partial charge in [-0.1, -0.05) is 6.07 Å². The van der Waals surface area contributed by atoms with Gasteiger partial charge in [0.05, 0.1) is 22.6 Å². The van der Waals surface area contributed by atoms with Crippen LogP contribution >= 0.6 is 0 Å². The van der Waals surface area contributed by atoms with E-state index in [1.807, 2.05) is 6.07 Å². The number of aliphatic hydroxyl groups is 1. The summed E-state index contributed by atoms with van der Waals surface area (Å²) in [6.45, 7) is 0. The number of rotatable bonds is 2. The third-order valence-electron chi connectivity index (χ3n) is 5.96. The molecule has 0 aromatic heterocycles. The van der Waals surface area contributed by atoms with Gasteiger partial charge >= 0.3 is 5.51 Å². The third-order valence-corrected chi connectivity index (χ3v) is 7.51. The lowest BCUT2D eigenvalue weighted by molar-refractivity contribution is -0.0437. The summed E-state index contributed by atoms with van der Waals surface area (Å²) < 4.78 is 77.5.